The van der Waals surface area contributed by atoms with Crippen LogP contribution in [0.25, 0.3) is 0 Å². The van der Waals surface area contributed by atoms with E-state index in [9.17, 15) is 5.11 Å². The summed E-state index contributed by atoms with van der Waals surface area (Å²) in [5.41, 5.74) is 2.81. The average molecular weight is 218 g/mol. The van der Waals surface area contributed by atoms with E-state index in [2.05, 4.69) is 18.2 Å². The Labute approximate surface area is 96.2 Å². The van der Waals surface area contributed by atoms with Gasteiger partial charge in [-0.15, -0.1) is 0 Å². The summed E-state index contributed by atoms with van der Waals surface area (Å²) in [6, 6.07) is 6.62. The van der Waals surface area contributed by atoms with Gasteiger partial charge in [-0.1, -0.05) is 12.1 Å². The number of fused-ring (bicyclic) bond motifs is 1. The minimum atomic E-state index is -0.0611. The summed E-state index contributed by atoms with van der Waals surface area (Å²) in [5.74, 6) is 1.72. The van der Waals surface area contributed by atoms with Crippen molar-refractivity contribution >= 4 is 0 Å². The number of rotatable bonds is 1. The molecular weight excluding hydrogens is 200 g/mol. The molecule has 2 nitrogen and oxygen atoms in total. The van der Waals surface area contributed by atoms with Crippen molar-refractivity contribution in [1.29, 1.82) is 0 Å². The summed E-state index contributed by atoms with van der Waals surface area (Å²) < 4.78 is 5.52. The second-order valence-electron chi connectivity index (χ2n) is 4.97. The molecule has 0 saturated heterocycles. The van der Waals surface area contributed by atoms with Crippen molar-refractivity contribution in [3.63, 3.8) is 0 Å². The number of benzene rings is 1. The zero-order chi connectivity index (χ0) is 11.0. The van der Waals surface area contributed by atoms with Crippen LogP contribution in [0.1, 0.15) is 42.7 Å². The SMILES string of the molecule is OC1CCC(c2ccc3c(c2)CCO3)CC1. The smallest absolute Gasteiger partial charge is 0.122 e. The van der Waals surface area contributed by atoms with Gasteiger partial charge < -0.3 is 9.84 Å². The molecule has 0 bridgehead atoms. The minimum absolute atomic E-state index is 0.0611. The van der Waals surface area contributed by atoms with E-state index in [4.69, 9.17) is 4.74 Å². The van der Waals surface area contributed by atoms with E-state index in [0.29, 0.717) is 5.92 Å². The third kappa shape index (κ3) is 1.82. The molecule has 16 heavy (non-hydrogen) atoms. The molecule has 3 rings (SSSR count). The Kier molecular flexibility index (Phi) is 2.60. The molecule has 2 heteroatoms. The molecular formula is C14H18O2. The van der Waals surface area contributed by atoms with Gasteiger partial charge in [-0.05, 0) is 48.8 Å². The maximum atomic E-state index is 9.51. The minimum Gasteiger partial charge on any atom is -0.493 e. The summed E-state index contributed by atoms with van der Waals surface area (Å²) in [7, 11) is 0. The van der Waals surface area contributed by atoms with Crippen molar-refractivity contribution in [2.45, 2.75) is 44.1 Å². The lowest BCUT2D eigenvalue weighted by atomic mass is 9.82. The lowest BCUT2D eigenvalue weighted by Crippen LogP contribution is -2.16. The van der Waals surface area contributed by atoms with E-state index in [0.717, 1.165) is 44.5 Å². The molecule has 0 amide bonds. The fraction of sp³-hybridized carbons (Fsp3) is 0.571. The van der Waals surface area contributed by atoms with Crippen molar-refractivity contribution < 1.29 is 9.84 Å². The molecule has 0 unspecified atom stereocenters. The van der Waals surface area contributed by atoms with Gasteiger partial charge in [0.2, 0.25) is 0 Å². The lowest BCUT2D eigenvalue weighted by molar-refractivity contribution is 0.122. The largest absolute Gasteiger partial charge is 0.493 e. The van der Waals surface area contributed by atoms with Crippen LogP contribution in [0.5, 0.6) is 5.75 Å². The van der Waals surface area contributed by atoms with E-state index in [1.165, 1.54) is 11.1 Å². The van der Waals surface area contributed by atoms with Crippen LogP contribution in [0.2, 0.25) is 0 Å². The highest BCUT2D eigenvalue weighted by atomic mass is 16.5. The van der Waals surface area contributed by atoms with Crippen LogP contribution in [-0.4, -0.2) is 17.8 Å². The lowest BCUT2D eigenvalue weighted by Gasteiger charge is -2.25. The van der Waals surface area contributed by atoms with Crippen molar-refractivity contribution in [1.82, 2.24) is 0 Å². The molecule has 0 aromatic heterocycles. The molecule has 1 aromatic rings. The van der Waals surface area contributed by atoms with Crippen molar-refractivity contribution in [3.05, 3.63) is 29.3 Å². The summed E-state index contributed by atoms with van der Waals surface area (Å²) in [5, 5.41) is 9.51. The van der Waals surface area contributed by atoms with E-state index in [1.807, 2.05) is 0 Å². The standard InChI is InChI=1S/C14H18O2/c15-13-4-1-10(2-5-13)11-3-6-14-12(9-11)7-8-16-14/h3,6,9-10,13,15H,1-2,4-5,7-8H2. The topological polar surface area (TPSA) is 29.5 Å². The maximum absolute atomic E-state index is 9.51. The zero-order valence-corrected chi connectivity index (χ0v) is 9.48. The summed E-state index contributed by atoms with van der Waals surface area (Å²) in [4.78, 5) is 0. The van der Waals surface area contributed by atoms with Gasteiger partial charge in [0.25, 0.3) is 0 Å². The van der Waals surface area contributed by atoms with Crippen LogP contribution < -0.4 is 4.74 Å². The van der Waals surface area contributed by atoms with Crippen molar-refractivity contribution in [2.75, 3.05) is 6.61 Å². The molecule has 1 saturated carbocycles. The number of hydrogen-bond donors (Lipinski definition) is 1. The highest BCUT2D eigenvalue weighted by Gasteiger charge is 2.22. The normalized spacial score (nSPS) is 28.6. The van der Waals surface area contributed by atoms with Crippen LogP contribution in [0.15, 0.2) is 18.2 Å². The first-order valence-electron chi connectivity index (χ1n) is 6.26. The quantitative estimate of drug-likeness (QED) is 0.785. The zero-order valence-electron chi connectivity index (χ0n) is 9.48. The fourth-order valence-corrected chi connectivity index (χ4v) is 2.87. The van der Waals surface area contributed by atoms with Crippen molar-refractivity contribution in [3.8, 4) is 5.75 Å². The van der Waals surface area contributed by atoms with Crippen LogP contribution in [0, 0.1) is 0 Å². The van der Waals surface area contributed by atoms with Gasteiger partial charge >= 0.3 is 0 Å². The summed E-state index contributed by atoms with van der Waals surface area (Å²) in [6.45, 7) is 0.835. The first-order chi connectivity index (χ1) is 7.83. The summed E-state index contributed by atoms with van der Waals surface area (Å²) >= 11 is 0. The van der Waals surface area contributed by atoms with Gasteiger partial charge in [-0.2, -0.15) is 0 Å². The van der Waals surface area contributed by atoms with Gasteiger partial charge in [0.1, 0.15) is 5.75 Å². The average Bonchev–Trinajstić information content (AvgIpc) is 2.77. The Bertz CT molecular complexity index is 378. The Morgan fingerprint density at radius 1 is 1.12 bits per heavy atom. The number of aliphatic hydroxyl groups excluding tert-OH is 1. The first kappa shape index (κ1) is 10.2. The molecule has 2 aliphatic rings. The van der Waals surface area contributed by atoms with Gasteiger partial charge in [0.05, 0.1) is 12.7 Å². The third-order valence-corrected chi connectivity index (χ3v) is 3.88. The third-order valence-electron chi connectivity index (χ3n) is 3.88. The summed E-state index contributed by atoms with van der Waals surface area (Å²) in [6.07, 6.45) is 5.16. The number of hydrogen-bond acceptors (Lipinski definition) is 2. The van der Waals surface area contributed by atoms with Gasteiger partial charge in [-0.3, -0.25) is 0 Å². The molecule has 1 aliphatic carbocycles. The van der Waals surface area contributed by atoms with E-state index < -0.39 is 0 Å². The Morgan fingerprint density at radius 3 is 2.75 bits per heavy atom. The highest BCUT2D eigenvalue weighted by Crippen LogP contribution is 2.36. The molecule has 86 valence electrons. The molecule has 1 fully saturated rings. The second-order valence-corrected chi connectivity index (χ2v) is 4.97. The molecule has 0 atom stereocenters. The predicted molar refractivity (Wildman–Crippen MR) is 62.9 cm³/mol. The van der Waals surface area contributed by atoms with E-state index >= 15 is 0 Å². The molecule has 1 heterocycles. The van der Waals surface area contributed by atoms with Crippen LogP contribution in [0.3, 0.4) is 0 Å². The van der Waals surface area contributed by atoms with Crippen molar-refractivity contribution in [2.24, 2.45) is 0 Å². The maximum Gasteiger partial charge on any atom is 0.122 e. The molecule has 1 aromatic carbocycles. The first-order valence-corrected chi connectivity index (χ1v) is 6.26. The van der Waals surface area contributed by atoms with E-state index in [1.54, 1.807) is 0 Å². The van der Waals surface area contributed by atoms with Gasteiger partial charge in [0, 0.05) is 6.42 Å². The van der Waals surface area contributed by atoms with Crippen LogP contribution >= 0.6 is 0 Å². The number of ether oxygens (including phenoxy) is 1. The number of aliphatic hydroxyl groups is 1. The molecule has 0 spiro atoms. The Hall–Kier alpha value is -1.02. The molecule has 1 aliphatic heterocycles. The van der Waals surface area contributed by atoms with Gasteiger partial charge in [0.15, 0.2) is 0 Å². The monoisotopic (exact) mass is 218 g/mol. The fourth-order valence-electron chi connectivity index (χ4n) is 2.87. The Balaban J connectivity index is 1.79. The van der Waals surface area contributed by atoms with E-state index in [-0.39, 0.29) is 6.10 Å². The Morgan fingerprint density at radius 2 is 1.94 bits per heavy atom. The molecule has 0 radical (unpaired) electrons. The highest BCUT2D eigenvalue weighted by molar-refractivity contribution is 5.41. The second kappa shape index (κ2) is 4.10. The molecule has 1 N–H and O–H groups in total. The predicted octanol–water partition coefficient (Wildman–Crippen LogP) is 2.64. The van der Waals surface area contributed by atoms with Crippen LogP contribution in [0.4, 0.5) is 0 Å². The van der Waals surface area contributed by atoms with Gasteiger partial charge in [-0.25, -0.2) is 0 Å². The van der Waals surface area contributed by atoms with Crippen LogP contribution in [-0.2, 0) is 6.42 Å².